The van der Waals surface area contributed by atoms with E-state index in [2.05, 4.69) is 9.97 Å². The van der Waals surface area contributed by atoms with Crippen molar-refractivity contribution in [2.75, 3.05) is 20.3 Å². The van der Waals surface area contributed by atoms with Crippen LogP contribution in [0.15, 0.2) is 36.7 Å². The number of H-pyrrole nitrogens is 1. The summed E-state index contributed by atoms with van der Waals surface area (Å²) in [5, 5.41) is 0. The summed E-state index contributed by atoms with van der Waals surface area (Å²) >= 11 is 0. The summed E-state index contributed by atoms with van der Waals surface area (Å²) in [6.07, 6.45) is 4.62. The molecule has 24 heavy (non-hydrogen) atoms. The van der Waals surface area contributed by atoms with Crippen LogP contribution in [0.25, 0.3) is 0 Å². The number of aryl methyl sites for hydroxylation is 1. The van der Waals surface area contributed by atoms with Gasteiger partial charge in [-0.2, -0.15) is 0 Å². The van der Waals surface area contributed by atoms with E-state index in [0.29, 0.717) is 19.6 Å². The van der Waals surface area contributed by atoms with Crippen LogP contribution in [-0.2, 0) is 9.53 Å². The third kappa shape index (κ3) is 3.76. The first-order valence-electron chi connectivity index (χ1n) is 8.18. The Morgan fingerprint density at radius 2 is 2.33 bits per heavy atom. The van der Waals surface area contributed by atoms with Gasteiger partial charge < -0.3 is 19.4 Å². The van der Waals surface area contributed by atoms with Gasteiger partial charge >= 0.3 is 0 Å². The average molecular weight is 329 g/mol. The topological polar surface area (TPSA) is 67.5 Å². The molecule has 6 heteroatoms. The second-order valence-electron chi connectivity index (χ2n) is 6.04. The smallest absolute Gasteiger partial charge is 0.226 e. The van der Waals surface area contributed by atoms with Crippen molar-refractivity contribution in [1.82, 2.24) is 14.9 Å². The number of nitrogens with zero attached hydrogens (tertiary/aromatic N) is 2. The molecule has 2 aromatic rings. The van der Waals surface area contributed by atoms with Gasteiger partial charge in [0.15, 0.2) is 0 Å². The number of rotatable bonds is 6. The lowest BCUT2D eigenvalue weighted by atomic mass is 10.2. The zero-order valence-corrected chi connectivity index (χ0v) is 14.1. The van der Waals surface area contributed by atoms with Crippen molar-refractivity contribution in [3.8, 4) is 5.75 Å². The number of nitrogens with one attached hydrogen (secondary N) is 1. The highest BCUT2D eigenvalue weighted by atomic mass is 16.5. The predicted octanol–water partition coefficient (Wildman–Crippen LogP) is 2.48. The van der Waals surface area contributed by atoms with Crippen LogP contribution in [0.3, 0.4) is 0 Å². The summed E-state index contributed by atoms with van der Waals surface area (Å²) in [5.41, 5.74) is 1.14. The normalized spacial score (nSPS) is 20.3. The summed E-state index contributed by atoms with van der Waals surface area (Å²) in [6, 6.07) is 7.77. The monoisotopic (exact) mass is 329 g/mol. The zero-order chi connectivity index (χ0) is 16.9. The van der Waals surface area contributed by atoms with Crippen molar-refractivity contribution in [1.29, 1.82) is 0 Å². The number of aromatic amines is 1. The molecule has 3 rings (SSSR count). The largest absolute Gasteiger partial charge is 0.493 e. The number of carbonyl (C=O) groups excluding carboxylic acids is 1. The number of amides is 1. The van der Waals surface area contributed by atoms with E-state index >= 15 is 0 Å². The van der Waals surface area contributed by atoms with Crippen molar-refractivity contribution in [3.05, 3.63) is 48.0 Å². The number of likely N-dealkylation sites (tertiary alicyclic amines) is 1. The summed E-state index contributed by atoms with van der Waals surface area (Å²) in [6.45, 7) is 2.97. The highest BCUT2D eigenvalue weighted by molar-refractivity contribution is 5.77. The zero-order valence-electron chi connectivity index (χ0n) is 14.1. The van der Waals surface area contributed by atoms with E-state index < -0.39 is 0 Å². The van der Waals surface area contributed by atoms with Gasteiger partial charge in [-0.1, -0.05) is 12.1 Å². The molecule has 1 aromatic carbocycles. The molecular formula is C18H23N3O3. The Labute approximate surface area is 141 Å². The summed E-state index contributed by atoms with van der Waals surface area (Å²) in [4.78, 5) is 21.9. The van der Waals surface area contributed by atoms with Gasteiger partial charge in [0.2, 0.25) is 5.91 Å². The van der Waals surface area contributed by atoms with Crippen molar-refractivity contribution in [2.24, 2.45) is 0 Å². The Morgan fingerprint density at radius 3 is 3.04 bits per heavy atom. The Bertz CT molecular complexity index is 672. The van der Waals surface area contributed by atoms with E-state index in [1.54, 1.807) is 19.5 Å². The minimum absolute atomic E-state index is 0.0433. The maximum Gasteiger partial charge on any atom is 0.226 e. The molecule has 1 unspecified atom stereocenters. The Morgan fingerprint density at radius 1 is 1.46 bits per heavy atom. The first kappa shape index (κ1) is 16.5. The van der Waals surface area contributed by atoms with Crippen molar-refractivity contribution >= 4 is 5.91 Å². The number of benzene rings is 1. The van der Waals surface area contributed by atoms with E-state index in [1.807, 2.05) is 36.1 Å². The molecule has 1 amide bonds. The summed E-state index contributed by atoms with van der Waals surface area (Å²) in [5.74, 6) is 1.66. The number of ether oxygens (including phenoxy) is 2. The number of aromatic nitrogens is 2. The second kappa shape index (κ2) is 7.49. The number of hydrogen-bond acceptors (Lipinski definition) is 4. The maximum atomic E-state index is 12.6. The molecule has 1 aliphatic heterocycles. The molecule has 0 radical (unpaired) electrons. The molecule has 1 aromatic heterocycles. The quantitative estimate of drug-likeness (QED) is 0.884. The van der Waals surface area contributed by atoms with Crippen LogP contribution in [0.2, 0.25) is 0 Å². The fourth-order valence-electron chi connectivity index (χ4n) is 3.07. The summed E-state index contributed by atoms with van der Waals surface area (Å²) < 4.78 is 11.1. The van der Waals surface area contributed by atoms with Gasteiger partial charge in [-0.3, -0.25) is 4.79 Å². The molecule has 0 bridgehead atoms. The molecular weight excluding hydrogens is 306 g/mol. The fourth-order valence-corrected chi connectivity index (χ4v) is 3.07. The highest BCUT2D eigenvalue weighted by Crippen LogP contribution is 2.31. The van der Waals surface area contributed by atoms with E-state index in [1.165, 1.54) is 0 Å². The molecule has 1 fully saturated rings. The first-order chi connectivity index (χ1) is 11.7. The lowest BCUT2D eigenvalue weighted by molar-refractivity contribution is -0.133. The second-order valence-corrected chi connectivity index (χ2v) is 6.04. The van der Waals surface area contributed by atoms with Gasteiger partial charge in [-0.15, -0.1) is 0 Å². The van der Waals surface area contributed by atoms with Crippen LogP contribution in [0.5, 0.6) is 5.75 Å². The third-order valence-electron chi connectivity index (χ3n) is 4.33. The van der Waals surface area contributed by atoms with Crippen molar-refractivity contribution in [2.45, 2.75) is 31.9 Å². The number of hydrogen-bond donors (Lipinski definition) is 1. The summed E-state index contributed by atoms with van der Waals surface area (Å²) in [7, 11) is 1.68. The van der Waals surface area contributed by atoms with Gasteiger partial charge in [-0.25, -0.2) is 4.98 Å². The molecule has 6 nitrogen and oxygen atoms in total. The predicted molar refractivity (Wildman–Crippen MR) is 89.7 cm³/mol. The van der Waals surface area contributed by atoms with E-state index in [-0.39, 0.29) is 18.1 Å². The van der Waals surface area contributed by atoms with Crippen LogP contribution >= 0.6 is 0 Å². The van der Waals surface area contributed by atoms with Crippen LogP contribution < -0.4 is 4.74 Å². The van der Waals surface area contributed by atoms with Gasteiger partial charge in [0, 0.05) is 32.5 Å². The molecule has 128 valence electrons. The lowest BCUT2D eigenvalue weighted by Crippen LogP contribution is -2.33. The number of methoxy groups -OCH3 is 1. The molecule has 1 N–H and O–H groups in total. The van der Waals surface area contributed by atoms with Crippen LogP contribution in [0.4, 0.5) is 0 Å². The average Bonchev–Trinajstić information content (AvgIpc) is 3.24. The maximum absolute atomic E-state index is 12.6. The molecule has 0 spiro atoms. The van der Waals surface area contributed by atoms with Crippen molar-refractivity contribution in [3.63, 3.8) is 0 Å². The Hall–Kier alpha value is -2.34. The standard InChI is InChI=1S/C18H23N3O3/c1-13-4-3-5-14(10-13)24-9-6-17(22)21-12-15(23-2)11-16(21)18-19-7-8-20-18/h3-5,7-8,10,15-16H,6,9,11-12H2,1-2H3,(H,19,20)/t15-,16?/m1/s1. The molecule has 2 heterocycles. The van der Waals surface area contributed by atoms with Crippen molar-refractivity contribution < 1.29 is 14.3 Å². The van der Waals surface area contributed by atoms with Gasteiger partial charge in [0.25, 0.3) is 0 Å². The number of carbonyl (C=O) groups is 1. The molecule has 1 saturated heterocycles. The van der Waals surface area contributed by atoms with E-state index in [0.717, 1.165) is 23.6 Å². The number of imidazole rings is 1. The third-order valence-corrected chi connectivity index (χ3v) is 4.33. The Balaban J connectivity index is 1.58. The molecule has 0 saturated carbocycles. The van der Waals surface area contributed by atoms with E-state index in [9.17, 15) is 4.79 Å². The minimum Gasteiger partial charge on any atom is -0.493 e. The van der Waals surface area contributed by atoms with Crippen LogP contribution in [-0.4, -0.2) is 47.1 Å². The van der Waals surface area contributed by atoms with Crippen LogP contribution in [0.1, 0.15) is 30.3 Å². The Kier molecular flexibility index (Phi) is 5.15. The molecule has 2 atom stereocenters. The highest BCUT2D eigenvalue weighted by Gasteiger charge is 2.37. The van der Waals surface area contributed by atoms with Gasteiger partial charge in [0.05, 0.1) is 25.2 Å². The molecule has 1 aliphatic rings. The first-order valence-corrected chi connectivity index (χ1v) is 8.18. The van der Waals surface area contributed by atoms with Crippen LogP contribution in [0, 0.1) is 6.92 Å². The fraction of sp³-hybridized carbons (Fsp3) is 0.444. The molecule has 0 aliphatic carbocycles. The SMILES string of the molecule is CO[C@@H]1CC(c2ncc[nH]2)N(C(=O)CCOc2cccc(C)c2)C1. The minimum atomic E-state index is -0.0589. The van der Waals surface area contributed by atoms with Gasteiger partial charge in [0.1, 0.15) is 11.6 Å². The van der Waals surface area contributed by atoms with Gasteiger partial charge in [-0.05, 0) is 24.6 Å². The van der Waals surface area contributed by atoms with E-state index in [4.69, 9.17) is 9.47 Å². The lowest BCUT2D eigenvalue weighted by Gasteiger charge is -2.23.